The molecule has 79 heavy (non-hydrogen) atoms. The molecule has 0 saturated carbocycles. The second kappa shape index (κ2) is 69.4. The van der Waals surface area contributed by atoms with Gasteiger partial charge in [0.2, 0.25) is 5.91 Å². The lowest BCUT2D eigenvalue weighted by Crippen LogP contribution is -2.45. The third kappa shape index (κ3) is 65.9. The molecule has 6 heteroatoms. The average Bonchev–Trinajstić information content (AvgIpc) is 3.45. The van der Waals surface area contributed by atoms with Crippen molar-refractivity contribution in [3.63, 3.8) is 0 Å². The molecular formula is C73H145NO5. The molecular weight excluding hydrogens is 971 g/mol. The summed E-state index contributed by atoms with van der Waals surface area (Å²) in [5, 5.41) is 23.3. The first kappa shape index (κ1) is 77.9. The molecule has 0 spiro atoms. The highest BCUT2D eigenvalue weighted by atomic mass is 16.5. The fourth-order valence-corrected chi connectivity index (χ4v) is 12.1. The monoisotopic (exact) mass is 1120 g/mol. The summed E-state index contributed by atoms with van der Waals surface area (Å²) < 4.78 is 5.50. The van der Waals surface area contributed by atoms with Gasteiger partial charge < -0.3 is 20.3 Å². The Morgan fingerprint density at radius 2 is 0.519 bits per heavy atom. The van der Waals surface area contributed by atoms with Crippen molar-refractivity contribution in [3.05, 3.63) is 0 Å². The van der Waals surface area contributed by atoms with Gasteiger partial charge in [0.25, 0.3) is 0 Å². The molecule has 2 atom stereocenters. The van der Waals surface area contributed by atoms with E-state index < -0.39 is 12.1 Å². The van der Waals surface area contributed by atoms with Crippen molar-refractivity contribution in [3.8, 4) is 0 Å². The van der Waals surface area contributed by atoms with Gasteiger partial charge in [0.1, 0.15) is 0 Å². The van der Waals surface area contributed by atoms with Crippen LogP contribution < -0.4 is 5.32 Å². The molecule has 0 heterocycles. The molecule has 0 aromatic rings. The number of carbonyl (C=O) groups is 2. The van der Waals surface area contributed by atoms with E-state index in [4.69, 9.17) is 4.74 Å². The summed E-state index contributed by atoms with van der Waals surface area (Å²) in [6.45, 7) is 5.01. The number of aliphatic hydroxyl groups excluding tert-OH is 2. The van der Waals surface area contributed by atoms with E-state index in [1.165, 1.54) is 360 Å². The highest BCUT2D eigenvalue weighted by molar-refractivity contribution is 5.76. The molecule has 0 aromatic heterocycles. The number of amides is 1. The van der Waals surface area contributed by atoms with Gasteiger partial charge in [-0.1, -0.05) is 393 Å². The molecule has 0 aliphatic heterocycles. The Kier molecular flexibility index (Phi) is 68.4. The summed E-state index contributed by atoms with van der Waals surface area (Å²) in [6.07, 6.45) is 84.6. The minimum absolute atomic E-state index is 0.0254. The fraction of sp³-hybridized carbons (Fsp3) is 0.973. The maximum Gasteiger partial charge on any atom is 0.305 e. The quantitative estimate of drug-likeness (QED) is 0.0417. The SMILES string of the molecule is CCCCCCCCCCCCCCCCCC(=O)OCCCCCCCCCCCCCCCCCCCCCCCCCCCCCCCCCCC(=O)NC(CO)C(O)CCCCCCCCCCCCCCCCC. The largest absolute Gasteiger partial charge is 0.466 e. The van der Waals surface area contributed by atoms with Gasteiger partial charge in [0.05, 0.1) is 25.4 Å². The average molecular weight is 1120 g/mol. The molecule has 0 bridgehead atoms. The van der Waals surface area contributed by atoms with Gasteiger partial charge in [-0.05, 0) is 25.7 Å². The zero-order valence-corrected chi connectivity index (χ0v) is 54.2. The van der Waals surface area contributed by atoms with Crippen LogP contribution in [-0.4, -0.2) is 47.4 Å². The standard InChI is InChI=1S/C73H145NO5/c1-3-5-7-9-11-13-15-17-37-41-45-49-53-57-61-65-71(76)70(69-75)74-72(77)66-62-58-54-50-46-42-39-35-33-31-29-27-25-23-21-19-20-22-24-26-28-30-32-34-36-40-44-48-52-56-60-64-68-79-73(78)67-63-59-55-51-47-43-38-18-16-14-12-10-8-6-4-2/h70-71,75-76H,3-69H2,1-2H3,(H,74,77). The van der Waals surface area contributed by atoms with Crippen LogP contribution in [0.4, 0.5) is 0 Å². The van der Waals surface area contributed by atoms with Gasteiger partial charge in [-0.3, -0.25) is 9.59 Å². The van der Waals surface area contributed by atoms with E-state index >= 15 is 0 Å². The molecule has 0 aromatic carbocycles. The number of unbranched alkanes of at least 4 members (excludes halogenated alkanes) is 59. The van der Waals surface area contributed by atoms with Crippen LogP contribution in [0.2, 0.25) is 0 Å². The third-order valence-electron chi connectivity index (χ3n) is 17.7. The molecule has 6 nitrogen and oxygen atoms in total. The van der Waals surface area contributed by atoms with Gasteiger partial charge in [-0.2, -0.15) is 0 Å². The highest BCUT2D eigenvalue weighted by Crippen LogP contribution is 2.20. The Balaban J connectivity index is 3.30. The second-order valence-corrected chi connectivity index (χ2v) is 25.6. The lowest BCUT2D eigenvalue weighted by molar-refractivity contribution is -0.143. The Hall–Kier alpha value is -1.14. The van der Waals surface area contributed by atoms with E-state index in [0.29, 0.717) is 25.9 Å². The number of aliphatic hydroxyl groups is 2. The molecule has 2 unspecified atom stereocenters. The Bertz CT molecular complexity index is 1150. The van der Waals surface area contributed by atoms with E-state index in [1.807, 2.05) is 0 Å². The van der Waals surface area contributed by atoms with Crippen molar-refractivity contribution in [2.45, 2.75) is 443 Å². The van der Waals surface area contributed by atoms with Crippen LogP contribution in [0, 0.1) is 0 Å². The van der Waals surface area contributed by atoms with Gasteiger partial charge in [0, 0.05) is 12.8 Å². The van der Waals surface area contributed by atoms with Crippen molar-refractivity contribution in [1.29, 1.82) is 0 Å². The number of hydrogen-bond donors (Lipinski definition) is 3. The van der Waals surface area contributed by atoms with Crippen LogP contribution >= 0.6 is 0 Å². The molecule has 0 rings (SSSR count). The number of nitrogens with one attached hydrogen (secondary N) is 1. The predicted molar refractivity (Wildman–Crippen MR) is 347 cm³/mol. The Labute approximate surface area is 496 Å². The van der Waals surface area contributed by atoms with Gasteiger partial charge in [0.15, 0.2) is 0 Å². The summed E-state index contributed by atoms with van der Waals surface area (Å²) >= 11 is 0. The van der Waals surface area contributed by atoms with Crippen molar-refractivity contribution < 1.29 is 24.5 Å². The maximum absolute atomic E-state index is 12.5. The smallest absolute Gasteiger partial charge is 0.305 e. The van der Waals surface area contributed by atoms with Gasteiger partial charge >= 0.3 is 5.97 Å². The highest BCUT2D eigenvalue weighted by Gasteiger charge is 2.20. The fourth-order valence-electron chi connectivity index (χ4n) is 12.1. The molecule has 0 radical (unpaired) electrons. The van der Waals surface area contributed by atoms with Crippen molar-refractivity contribution >= 4 is 11.9 Å². The molecule has 0 fully saturated rings. The lowest BCUT2D eigenvalue weighted by atomic mass is 10.0. The summed E-state index contributed by atoms with van der Waals surface area (Å²) in [5.74, 6) is -0.00111. The molecule has 1 amide bonds. The summed E-state index contributed by atoms with van der Waals surface area (Å²) in [6, 6.07) is -0.536. The van der Waals surface area contributed by atoms with Gasteiger partial charge in [-0.15, -0.1) is 0 Å². The minimum Gasteiger partial charge on any atom is -0.466 e. The summed E-state index contributed by atoms with van der Waals surface area (Å²) in [4.78, 5) is 24.6. The predicted octanol–water partition coefficient (Wildman–Crippen LogP) is 23.8. The molecule has 3 N–H and O–H groups in total. The van der Waals surface area contributed by atoms with Crippen LogP contribution in [0.25, 0.3) is 0 Å². The van der Waals surface area contributed by atoms with E-state index in [0.717, 1.165) is 38.5 Å². The van der Waals surface area contributed by atoms with Crippen molar-refractivity contribution in [1.82, 2.24) is 5.32 Å². The van der Waals surface area contributed by atoms with E-state index in [2.05, 4.69) is 19.2 Å². The topological polar surface area (TPSA) is 95.9 Å². The summed E-state index contributed by atoms with van der Waals surface area (Å²) in [7, 11) is 0. The first-order valence-electron chi connectivity index (χ1n) is 36.8. The zero-order valence-electron chi connectivity index (χ0n) is 54.2. The first-order valence-corrected chi connectivity index (χ1v) is 36.8. The number of ether oxygens (including phenoxy) is 1. The third-order valence-corrected chi connectivity index (χ3v) is 17.7. The Morgan fingerprint density at radius 3 is 0.772 bits per heavy atom. The molecule has 0 aliphatic carbocycles. The number of hydrogen-bond acceptors (Lipinski definition) is 5. The number of rotatable bonds is 70. The summed E-state index contributed by atoms with van der Waals surface area (Å²) in [5.41, 5.74) is 0. The number of esters is 1. The molecule has 472 valence electrons. The van der Waals surface area contributed by atoms with Crippen molar-refractivity contribution in [2.75, 3.05) is 13.2 Å². The van der Waals surface area contributed by atoms with Crippen LogP contribution in [-0.2, 0) is 14.3 Å². The lowest BCUT2D eigenvalue weighted by Gasteiger charge is -2.22. The van der Waals surface area contributed by atoms with E-state index in [1.54, 1.807) is 0 Å². The van der Waals surface area contributed by atoms with E-state index in [9.17, 15) is 19.8 Å². The first-order chi connectivity index (χ1) is 39.0. The van der Waals surface area contributed by atoms with E-state index in [-0.39, 0.29) is 18.5 Å². The molecule has 0 saturated heterocycles. The minimum atomic E-state index is -0.660. The zero-order chi connectivity index (χ0) is 57.1. The Morgan fingerprint density at radius 1 is 0.304 bits per heavy atom. The van der Waals surface area contributed by atoms with Crippen LogP contribution in [0.15, 0.2) is 0 Å². The maximum atomic E-state index is 12.5. The number of carbonyl (C=O) groups excluding carboxylic acids is 2. The van der Waals surface area contributed by atoms with Crippen LogP contribution in [0.5, 0.6) is 0 Å². The van der Waals surface area contributed by atoms with Gasteiger partial charge in [-0.25, -0.2) is 0 Å². The second-order valence-electron chi connectivity index (χ2n) is 25.6. The molecule has 0 aliphatic rings. The van der Waals surface area contributed by atoms with Crippen molar-refractivity contribution in [2.24, 2.45) is 0 Å². The van der Waals surface area contributed by atoms with Crippen LogP contribution in [0.3, 0.4) is 0 Å². The normalized spacial score (nSPS) is 12.4. The van der Waals surface area contributed by atoms with Crippen LogP contribution in [0.1, 0.15) is 431 Å².